The number of hydrogen-bond acceptors (Lipinski definition) is 2. The molecule has 2 aromatic carbocycles. The van der Waals surface area contributed by atoms with Crippen molar-refractivity contribution in [1.29, 1.82) is 0 Å². The highest BCUT2D eigenvalue weighted by atomic mass is 16.3. The summed E-state index contributed by atoms with van der Waals surface area (Å²) in [4.78, 5) is 9.44. The molecule has 0 saturated heterocycles. The van der Waals surface area contributed by atoms with Crippen LogP contribution in [0.4, 0.5) is 0 Å². The van der Waals surface area contributed by atoms with E-state index in [1.54, 1.807) is 6.08 Å². The van der Waals surface area contributed by atoms with Crippen LogP contribution in [-0.2, 0) is 0 Å². The van der Waals surface area contributed by atoms with Crippen molar-refractivity contribution in [2.75, 3.05) is 7.05 Å². The fourth-order valence-electron chi connectivity index (χ4n) is 2.66. The molecule has 0 fully saturated rings. The molecule has 0 bridgehead atoms. The first kappa shape index (κ1) is 18.4. The van der Waals surface area contributed by atoms with E-state index in [1.165, 1.54) is 0 Å². The lowest BCUT2D eigenvalue weighted by atomic mass is 10.0. The topological polar surface area (TPSA) is 57.0 Å². The highest BCUT2D eigenvalue weighted by Gasteiger charge is 2.18. The van der Waals surface area contributed by atoms with Crippen LogP contribution in [0.2, 0.25) is 0 Å². The Labute approximate surface area is 160 Å². The Hall–Kier alpha value is -3.40. The fraction of sp³-hybridized carbons (Fsp3) is 0.130. The summed E-state index contributed by atoms with van der Waals surface area (Å²) in [6, 6.07) is 19.7. The number of benzene rings is 2. The fourth-order valence-corrected chi connectivity index (χ4v) is 2.66. The molecule has 136 valence electrons. The molecule has 4 nitrogen and oxygen atoms in total. The zero-order chi connectivity index (χ0) is 19.1. The Bertz CT molecular complexity index is 936. The third kappa shape index (κ3) is 4.42. The Morgan fingerprint density at radius 3 is 2.19 bits per heavy atom. The van der Waals surface area contributed by atoms with E-state index in [9.17, 15) is 5.11 Å². The summed E-state index contributed by atoms with van der Waals surface area (Å²) in [7, 11) is 1.84. The minimum absolute atomic E-state index is 0.181. The molecule has 0 saturated carbocycles. The van der Waals surface area contributed by atoms with Gasteiger partial charge in [0.15, 0.2) is 5.84 Å². The predicted octanol–water partition coefficient (Wildman–Crippen LogP) is 4.78. The summed E-state index contributed by atoms with van der Waals surface area (Å²) < 4.78 is 0. The van der Waals surface area contributed by atoms with Gasteiger partial charge in [-0.3, -0.25) is 0 Å². The lowest BCUT2D eigenvalue weighted by Crippen LogP contribution is -2.21. The molecule has 0 heterocycles. The van der Waals surface area contributed by atoms with Gasteiger partial charge < -0.3 is 10.4 Å². The van der Waals surface area contributed by atoms with Gasteiger partial charge in [-0.05, 0) is 12.5 Å². The highest BCUT2D eigenvalue weighted by Crippen LogP contribution is 2.28. The number of aliphatic hydroxyl groups excluding tert-OH is 1. The number of nitrogens with zero attached hydrogens (tertiary/aromatic N) is 2. The molecule has 4 heteroatoms. The summed E-state index contributed by atoms with van der Waals surface area (Å²) in [6.07, 6.45) is 6.66. The molecule has 0 aliphatic heterocycles. The second kappa shape index (κ2) is 8.81. The van der Waals surface area contributed by atoms with Gasteiger partial charge in [0.25, 0.3) is 0 Å². The van der Waals surface area contributed by atoms with E-state index in [0.717, 1.165) is 23.1 Å². The minimum Gasteiger partial charge on any atom is -0.506 e. The van der Waals surface area contributed by atoms with Crippen LogP contribution in [0, 0.1) is 0 Å². The van der Waals surface area contributed by atoms with E-state index in [-0.39, 0.29) is 5.76 Å². The first-order valence-electron chi connectivity index (χ1n) is 9.00. The number of hydrogen-bond donors (Lipinski definition) is 2. The van der Waals surface area contributed by atoms with Crippen LogP contribution in [0.5, 0.6) is 0 Å². The van der Waals surface area contributed by atoms with Crippen molar-refractivity contribution in [3.63, 3.8) is 0 Å². The van der Waals surface area contributed by atoms with Gasteiger partial charge in [0.05, 0.1) is 0 Å². The van der Waals surface area contributed by atoms with Gasteiger partial charge >= 0.3 is 0 Å². The van der Waals surface area contributed by atoms with E-state index in [1.807, 2.05) is 79.9 Å². The highest BCUT2D eigenvalue weighted by molar-refractivity contribution is 6.11. The molecule has 0 radical (unpaired) electrons. The average Bonchev–Trinajstić information content (AvgIpc) is 2.72. The van der Waals surface area contributed by atoms with Crippen molar-refractivity contribution < 1.29 is 5.11 Å². The molecular formula is C23H23N3O. The molecule has 1 aliphatic carbocycles. The molecule has 27 heavy (non-hydrogen) atoms. The number of amidine groups is 2. The van der Waals surface area contributed by atoms with Crippen molar-refractivity contribution in [3.05, 3.63) is 107 Å². The van der Waals surface area contributed by atoms with E-state index >= 15 is 0 Å². The van der Waals surface area contributed by atoms with Crippen molar-refractivity contribution in [1.82, 2.24) is 5.32 Å². The van der Waals surface area contributed by atoms with E-state index in [2.05, 4.69) is 17.2 Å². The van der Waals surface area contributed by atoms with Gasteiger partial charge in [-0.25, -0.2) is 9.98 Å². The second-order valence-electron chi connectivity index (χ2n) is 6.02. The zero-order valence-corrected chi connectivity index (χ0v) is 15.6. The SMILES string of the molecule is CC/C=C\C1=C(N=C(/N=C(\NC)c2ccccc2)c2ccccc2)C(O)=C1. The molecular weight excluding hydrogens is 334 g/mol. The van der Waals surface area contributed by atoms with Crippen LogP contribution < -0.4 is 5.32 Å². The maximum atomic E-state index is 10.1. The van der Waals surface area contributed by atoms with Crippen LogP contribution >= 0.6 is 0 Å². The number of rotatable bonds is 5. The quantitative estimate of drug-likeness (QED) is 0.598. The zero-order valence-electron chi connectivity index (χ0n) is 15.6. The molecule has 1 aliphatic rings. The molecule has 0 aromatic heterocycles. The third-order valence-electron chi connectivity index (χ3n) is 4.09. The molecule has 2 N–H and O–H groups in total. The summed E-state index contributed by atoms with van der Waals surface area (Å²) in [5.74, 6) is 1.44. The van der Waals surface area contributed by atoms with Crippen molar-refractivity contribution in [3.8, 4) is 0 Å². The number of nitrogens with one attached hydrogen (secondary N) is 1. The predicted molar refractivity (Wildman–Crippen MR) is 112 cm³/mol. The number of aliphatic hydroxyl groups is 1. The molecule has 0 amide bonds. The van der Waals surface area contributed by atoms with Crippen LogP contribution in [0.3, 0.4) is 0 Å². The minimum atomic E-state index is 0.181. The first-order valence-corrected chi connectivity index (χ1v) is 9.00. The van der Waals surface area contributed by atoms with E-state index < -0.39 is 0 Å². The first-order chi connectivity index (χ1) is 13.2. The van der Waals surface area contributed by atoms with Crippen molar-refractivity contribution in [2.24, 2.45) is 9.98 Å². The van der Waals surface area contributed by atoms with E-state index in [0.29, 0.717) is 17.4 Å². The summed E-state index contributed by atoms with van der Waals surface area (Å²) in [6.45, 7) is 2.07. The summed E-state index contributed by atoms with van der Waals surface area (Å²) in [5, 5.41) is 13.2. The Balaban J connectivity index is 2.08. The van der Waals surface area contributed by atoms with Crippen molar-refractivity contribution in [2.45, 2.75) is 13.3 Å². The largest absolute Gasteiger partial charge is 0.506 e. The second-order valence-corrected chi connectivity index (χ2v) is 6.02. The number of aliphatic imine (C=N–C) groups is 2. The van der Waals surface area contributed by atoms with Crippen LogP contribution in [-0.4, -0.2) is 23.8 Å². The van der Waals surface area contributed by atoms with Crippen molar-refractivity contribution >= 4 is 11.7 Å². The van der Waals surface area contributed by atoms with Gasteiger partial charge in [0.1, 0.15) is 17.3 Å². The van der Waals surface area contributed by atoms with Gasteiger partial charge in [0.2, 0.25) is 0 Å². The lowest BCUT2D eigenvalue weighted by molar-refractivity contribution is 0.414. The standard InChI is InChI=1S/C23H23N3O/c1-3-4-11-19-16-20(27)21(19)25-23(18-14-9-6-10-15-18)26-22(24-2)17-12-7-5-8-13-17/h4-16,27H,3H2,1-2H3,(H,24,25,26)/b11-4-. The van der Waals surface area contributed by atoms with Crippen LogP contribution in [0.25, 0.3) is 0 Å². The van der Waals surface area contributed by atoms with E-state index in [4.69, 9.17) is 4.99 Å². The van der Waals surface area contributed by atoms with Gasteiger partial charge in [-0.15, -0.1) is 0 Å². The Kier molecular flexibility index (Phi) is 6.00. The smallest absolute Gasteiger partial charge is 0.162 e. The van der Waals surface area contributed by atoms with Gasteiger partial charge in [-0.2, -0.15) is 0 Å². The maximum Gasteiger partial charge on any atom is 0.162 e. The Morgan fingerprint density at radius 1 is 1.00 bits per heavy atom. The molecule has 0 unspecified atom stereocenters. The lowest BCUT2D eigenvalue weighted by Gasteiger charge is -2.15. The van der Waals surface area contributed by atoms with Crippen LogP contribution in [0.1, 0.15) is 24.5 Å². The summed E-state index contributed by atoms with van der Waals surface area (Å²) in [5.41, 5.74) is 3.32. The maximum absolute atomic E-state index is 10.1. The number of allylic oxidation sites excluding steroid dienone is 4. The third-order valence-corrected chi connectivity index (χ3v) is 4.09. The monoisotopic (exact) mass is 357 g/mol. The van der Waals surface area contributed by atoms with Gasteiger partial charge in [0, 0.05) is 23.7 Å². The molecule has 0 spiro atoms. The van der Waals surface area contributed by atoms with Crippen LogP contribution in [0.15, 0.2) is 106 Å². The molecule has 3 rings (SSSR count). The van der Waals surface area contributed by atoms with Gasteiger partial charge in [-0.1, -0.05) is 79.7 Å². The molecule has 0 atom stereocenters. The molecule has 2 aromatic rings. The average molecular weight is 357 g/mol. The Morgan fingerprint density at radius 2 is 1.63 bits per heavy atom. The normalized spacial score (nSPS) is 15.0. The summed E-state index contributed by atoms with van der Waals surface area (Å²) >= 11 is 0.